The Bertz CT molecular complexity index is 1130. The Balaban J connectivity index is 2.02. The Morgan fingerprint density at radius 2 is 1.70 bits per heavy atom. The van der Waals surface area contributed by atoms with Crippen LogP contribution in [-0.2, 0) is 6.18 Å². The van der Waals surface area contributed by atoms with Gasteiger partial charge in [0.2, 0.25) is 11.6 Å². The van der Waals surface area contributed by atoms with E-state index in [1.54, 1.807) is 25.1 Å². The molecule has 0 saturated heterocycles. The normalized spacial score (nSPS) is 11.3. The van der Waals surface area contributed by atoms with Crippen LogP contribution >= 0.6 is 23.2 Å². The minimum Gasteiger partial charge on any atom is -0.334 e. The molecule has 12 heteroatoms. The van der Waals surface area contributed by atoms with E-state index in [0.29, 0.717) is 16.3 Å². The fraction of sp³-hybridized carbons (Fsp3) is 0.111. The molecule has 0 amide bonds. The Labute approximate surface area is 178 Å². The van der Waals surface area contributed by atoms with Crippen molar-refractivity contribution in [1.82, 2.24) is 9.97 Å². The van der Waals surface area contributed by atoms with Gasteiger partial charge in [-0.1, -0.05) is 29.3 Å². The van der Waals surface area contributed by atoms with E-state index in [-0.39, 0.29) is 17.3 Å². The van der Waals surface area contributed by atoms with Crippen molar-refractivity contribution >= 4 is 51.9 Å². The summed E-state index contributed by atoms with van der Waals surface area (Å²) in [4.78, 5) is 18.6. The number of rotatable bonds is 5. The van der Waals surface area contributed by atoms with Crippen molar-refractivity contribution in [1.29, 1.82) is 0 Å². The number of benzene rings is 2. The monoisotopic (exact) mass is 457 g/mol. The van der Waals surface area contributed by atoms with Gasteiger partial charge in [-0.25, -0.2) is 9.97 Å². The Morgan fingerprint density at radius 3 is 2.33 bits per heavy atom. The molecule has 1 aromatic heterocycles. The molecule has 3 aromatic rings. The van der Waals surface area contributed by atoms with E-state index >= 15 is 0 Å². The first-order valence-electron chi connectivity index (χ1n) is 8.23. The lowest BCUT2D eigenvalue weighted by Gasteiger charge is -2.14. The van der Waals surface area contributed by atoms with Crippen molar-refractivity contribution in [3.05, 3.63) is 74.0 Å². The van der Waals surface area contributed by atoms with Gasteiger partial charge in [0.1, 0.15) is 6.33 Å². The highest BCUT2D eigenvalue weighted by Gasteiger charge is 2.33. The SMILES string of the molecule is Cc1c(Cl)cccc1Nc1ncnc(Nc2ccc(Cl)c(C(F)(F)F)c2)c1[N+](=O)[O-]. The van der Waals surface area contributed by atoms with Crippen molar-refractivity contribution < 1.29 is 18.1 Å². The highest BCUT2D eigenvalue weighted by molar-refractivity contribution is 6.32. The number of hydrogen-bond donors (Lipinski definition) is 2. The number of nitrogens with one attached hydrogen (secondary N) is 2. The Hall–Kier alpha value is -3.11. The molecular weight excluding hydrogens is 446 g/mol. The number of halogens is 5. The van der Waals surface area contributed by atoms with Gasteiger partial charge in [0.15, 0.2) is 0 Å². The molecular formula is C18H12Cl2F3N5O2. The highest BCUT2D eigenvalue weighted by atomic mass is 35.5. The molecule has 156 valence electrons. The number of hydrogen-bond acceptors (Lipinski definition) is 6. The maximum atomic E-state index is 13.1. The topological polar surface area (TPSA) is 93.0 Å². The number of anilines is 4. The fourth-order valence-corrected chi connectivity index (χ4v) is 2.96. The van der Waals surface area contributed by atoms with E-state index in [9.17, 15) is 23.3 Å². The van der Waals surface area contributed by atoms with Crippen LogP contribution in [0.5, 0.6) is 0 Å². The van der Waals surface area contributed by atoms with E-state index in [4.69, 9.17) is 23.2 Å². The van der Waals surface area contributed by atoms with Crippen molar-refractivity contribution in [2.45, 2.75) is 13.1 Å². The summed E-state index contributed by atoms with van der Waals surface area (Å²) >= 11 is 11.7. The maximum absolute atomic E-state index is 13.1. The fourth-order valence-electron chi connectivity index (χ4n) is 2.56. The van der Waals surface area contributed by atoms with Gasteiger partial charge in [-0.3, -0.25) is 10.1 Å². The molecule has 7 nitrogen and oxygen atoms in total. The lowest BCUT2D eigenvalue weighted by atomic mass is 10.2. The Kier molecular flexibility index (Phi) is 5.99. The van der Waals surface area contributed by atoms with Crippen LogP contribution in [0, 0.1) is 17.0 Å². The summed E-state index contributed by atoms with van der Waals surface area (Å²) in [7, 11) is 0. The highest BCUT2D eigenvalue weighted by Crippen LogP contribution is 2.38. The lowest BCUT2D eigenvalue weighted by Crippen LogP contribution is -2.08. The zero-order valence-corrected chi connectivity index (χ0v) is 16.6. The lowest BCUT2D eigenvalue weighted by molar-refractivity contribution is -0.383. The van der Waals surface area contributed by atoms with E-state index in [1.807, 2.05) is 0 Å². The second-order valence-corrected chi connectivity index (χ2v) is 6.85. The summed E-state index contributed by atoms with van der Waals surface area (Å²) in [6.45, 7) is 1.71. The van der Waals surface area contributed by atoms with Crippen molar-refractivity contribution in [2.24, 2.45) is 0 Å². The summed E-state index contributed by atoms with van der Waals surface area (Å²) < 4.78 is 39.3. The zero-order chi connectivity index (χ0) is 22.1. The van der Waals surface area contributed by atoms with E-state index < -0.39 is 27.4 Å². The maximum Gasteiger partial charge on any atom is 0.417 e. The molecule has 2 aromatic carbocycles. The minimum absolute atomic E-state index is 0.0848. The van der Waals surface area contributed by atoms with Gasteiger partial charge < -0.3 is 10.6 Å². The summed E-state index contributed by atoms with van der Waals surface area (Å²) in [5.74, 6) is -0.458. The van der Waals surface area contributed by atoms with Gasteiger partial charge in [0.05, 0.1) is 15.5 Å². The average molecular weight is 458 g/mol. The molecule has 0 saturated carbocycles. The predicted molar refractivity (Wildman–Crippen MR) is 108 cm³/mol. The largest absolute Gasteiger partial charge is 0.417 e. The van der Waals surface area contributed by atoms with Gasteiger partial charge in [-0.15, -0.1) is 0 Å². The molecule has 30 heavy (non-hydrogen) atoms. The Morgan fingerprint density at radius 1 is 1.03 bits per heavy atom. The van der Waals surface area contributed by atoms with Crippen LogP contribution in [0.25, 0.3) is 0 Å². The summed E-state index contributed by atoms with van der Waals surface area (Å²) in [6.07, 6.45) is -3.65. The molecule has 0 bridgehead atoms. The smallest absolute Gasteiger partial charge is 0.334 e. The first-order valence-corrected chi connectivity index (χ1v) is 8.99. The second kappa shape index (κ2) is 8.33. The van der Waals surface area contributed by atoms with Crippen molar-refractivity contribution in [3.8, 4) is 0 Å². The van der Waals surface area contributed by atoms with Crippen LogP contribution in [-0.4, -0.2) is 14.9 Å². The van der Waals surface area contributed by atoms with E-state index in [1.165, 1.54) is 6.07 Å². The van der Waals surface area contributed by atoms with Crippen LogP contribution < -0.4 is 10.6 Å². The van der Waals surface area contributed by atoms with Gasteiger partial charge in [-0.2, -0.15) is 13.2 Å². The first kappa shape index (κ1) is 21.6. The third-order valence-corrected chi connectivity index (χ3v) is 4.80. The zero-order valence-electron chi connectivity index (χ0n) is 15.1. The molecule has 0 atom stereocenters. The quantitative estimate of drug-likeness (QED) is 0.335. The van der Waals surface area contributed by atoms with Crippen LogP contribution in [0.2, 0.25) is 10.0 Å². The first-order chi connectivity index (χ1) is 14.1. The van der Waals surface area contributed by atoms with Crippen LogP contribution in [0.15, 0.2) is 42.7 Å². The second-order valence-electron chi connectivity index (χ2n) is 6.03. The van der Waals surface area contributed by atoms with Gasteiger partial charge >= 0.3 is 11.9 Å². The average Bonchev–Trinajstić information content (AvgIpc) is 2.66. The van der Waals surface area contributed by atoms with Gasteiger partial charge in [0, 0.05) is 16.4 Å². The molecule has 0 aliphatic rings. The molecule has 0 unspecified atom stereocenters. The molecule has 0 fully saturated rings. The minimum atomic E-state index is -4.69. The van der Waals surface area contributed by atoms with Crippen LogP contribution in [0.1, 0.15) is 11.1 Å². The van der Waals surface area contributed by atoms with Crippen molar-refractivity contribution in [2.75, 3.05) is 10.6 Å². The molecule has 0 aliphatic carbocycles. The van der Waals surface area contributed by atoms with Crippen LogP contribution in [0.3, 0.4) is 0 Å². The van der Waals surface area contributed by atoms with E-state index in [0.717, 1.165) is 18.5 Å². The summed E-state index contributed by atoms with van der Waals surface area (Å²) in [5, 5.41) is 17.0. The molecule has 1 heterocycles. The number of nitro groups is 1. The summed E-state index contributed by atoms with van der Waals surface area (Å²) in [6, 6.07) is 7.97. The summed E-state index contributed by atoms with van der Waals surface area (Å²) in [5.41, 5.74) is -0.618. The molecule has 0 radical (unpaired) electrons. The molecule has 3 rings (SSSR count). The molecule has 0 aliphatic heterocycles. The third kappa shape index (κ3) is 4.55. The van der Waals surface area contributed by atoms with Crippen molar-refractivity contribution in [3.63, 3.8) is 0 Å². The molecule has 2 N–H and O–H groups in total. The third-order valence-electron chi connectivity index (χ3n) is 4.06. The number of aromatic nitrogens is 2. The number of nitrogens with zero attached hydrogens (tertiary/aromatic N) is 3. The predicted octanol–water partition coefficient (Wildman–Crippen LogP) is 6.51. The standard InChI is InChI=1S/C18H12Cl2F3N5O2/c1-9-12(19)3-2-4-14(9)27-17-15(28(29)30)16(24-8-25-17)26-10-5-6-13(20)11(7-10)18(21,22)23/h2-8H,1H3,(H2,24,25,26,27). The van der Waals surface area contributed by atoms with Gasteiger partial charge in [0.25, 0.3) is 0 Å². The number of alkyl halides is 3. The molecule has 0 spiro atoms. The van der Waals surface area contributed by atoms with E-state index in [2.05, 4.69) is 20.6 Å². The van der Waals surface area contributed by atoms with Crippen LogP contribution in [0.4, 0.5) is 41.9 Å². The van der Waals surface area contributed by atoms with Gasteiger partial charge in [-0.05, 0) is 42.8 Å².